The van der Waals surface area contributed by atoms with E-state index in [1.54, 1.807) is 0 Å². The van der Waals surface area contributed by atoms with Crippen LogP contribution in [0.4, 0.5) is 0 Å². The third kappa shape index (κ3) is 3.55. The highest BCUT2D eigenvalue weighted by atomic mass is 15.2. The minimum Gasteiger partial charge on any atom is -0.314 e. The second-order valence-corrected chi connectivity index (χ2v) is 5.12. The van der Waals surface area contributed by atoms with E-state index in [4.69, 9.17) is 0 Å². The Kier molecular flexibility index (Phi) is 4.57. The van der Waals surface area contributed by atoms with Crippen LogP contribution in [-0.2, 0) is 6.42 Å². The number of aryl methyl sites for hydroxylation is 2. The van der Waals surface area contributed by atoms with Crippen molar-refractivity contribution >= 4 is 0 Å². The number of piperazine rings is 1. The molecule has 1 aliphatic rings. The molecule has 2 heteroatoms. The Bertz CT molecular complexity index is 349. The Morgan fingerprint density at radius 3 is 2.94 bits per heavy atom. The molecule has 1 aromatic rings. The number of hydrogen-bond acceptors (Lipinski definition) is 2. The maximum Gasteiger partial charge on any atom is 0.0192 e. The molecule has 1 unspecified atom stereocenters. The first kappa shape index (κ1) is 12.6. The van der Waals surface area contributed by atoms with E-state index < -0.39 is 0 Å². The number of nitrogens with one attached hydrogen (secondary N) is 1. The number of rotatable bonds is 4. The Balaban J connectivity index is 1.77. The number of nitrogens with zero attached hydrogens (tertiary/aromatic N) is 1. The summed E-state index contributed by atoms with van der Waals surface area (Å²) in [6.45, 7) is 9.26. The maximum absolute atomic E-state index is 3.44. The summed E-state index contributed by atoms with van der Waals surface area (Å²) in [5.41, 5.74) is 2.94. The smallest absolute Gasteiger partial charge is 0.0192 e. The van der Waals surface area contributed by atoms with Crippen molar-refractivity contribution in [2.75, 3.05) is 26.2 Å². The topological polar surface area (TPSA) is 15.3 Å². The summed E-state index contributed by atoms with van der Waals surface area (Å²) in [6.07, 6.45) is 2.48. The Morgan fingerprint density at radius 1 is 1.35 bits per heavy atom. The summed E-state index contributed by atoms with van der Waals surface area (Å²) >= 11 is 0. The molecule has 0 aliphatic carbocycles. The largest absolute Gasteiger partial charge is 0.314 e. The van der Waals surface area contributed by atoms with Crippen LogP contribution in [0.3, 0.4) is 0 Å². The molecule has 0 aromatic heterocycles. The fourth-order valence-electron chi connectivity index (χ4n) is 2.58. The van der Waals surface area contributed by atoms with Gasteiger partial charge in [0.2, 0.25) is 0 Å². The minimum atomic E-state index is 0.695. The highest BCUT2D eigenvalue weighted by Crippen LogP contribution is 2.11. The van der Waals surface area contributed by atoms with Gasteiger partial charge in [-0.3, -0.25) is 4.90 Å². The fourth-order valence-corrected chi connectivity index (χ4v) is 2.58. The Morgan fingerprint density at radius 2 is 2.18 bits per heavy atom. The van der Waals surface area contributed by atoms with Gasteiger partial charge in [0.15, 0.2) is 0 Å². The standard InChI is InChI=1S/C15H24N2/c1-13-6-3-4-7-15(13)8-5-10-17-11-9-16-12-14(17)2/h3-4,6-7,14,16H,5,8-12H2,1-2H3. The van der Waals surface area contributed by atoms with Gasteiger partial charge in [0.25, 0.3) is 0 Å². The van der Waals surface area contributed by atoms with Crippen molar-refractivity contribution in [2.24, 2.45) is 0 Å². The van der Waals surface area contributed by atoms with Crippen LogP contribution in [0.5, 0.6) is 0 Å². The predicted octanol–water partition coefficient (Wildman–Crippen LogP) is 2.22. The lowest BCUT2D eigenvalue weighted by Gasteiger charge is -2.33. The molecule has 1 saturated heterocycles. The van der Waals surface area contributed by atoms with Crippen LogP contribution in [0, 0.1) is 6.92 Å². The van der Waals surface area contributed by atoms with Crippen molar-refractivity contribution in [2.45, 2.75) is 32.7 Å². The second kappa shape index (κ2) is 6.18. The molecule has 94 valence electrons. The van der Waals surface area contributed by atoms with Gasteiger partial charge in [-0.1, -0.05) is 24.3 Å². The summed E-state index contributed by atoms with van der Waals surface area (Å²) in [4.78, 5) is 2.61. The van der Waals surface area contributed by atoms with Crippen LogP contribution in [-0.4, -0.2) is 37.1 Å². The van der Waals surface area contributed by atoms with Gasteiger partial charge in [-0.25, -0.2) is 0 Å². The first-order valence-electron chi connectivity index (χ1n) is 6.76. The van der Waals surface area contributed by atoms with Crippen LogP contribution < -0.4 is 5.32 Å². The fraction of sp³-hybridized carbons (Fsp3) is 0.600. The zero-order chi connectivity index (χ0) is 12.1. The number of benzene rings is 1. The van der Waals surface area contributed by atoms with Crippen LogP contribution in [0.15, 0.2) is 24.3 Å². The lowest BCUT2D eigenvalue weighted by Crippen LogP contribution is -2.49. The third-order valence-corrected chi connectivity index (χ3v) is 3.79. The average Bonchev–Trinajstić information content (AvgIpc) is 2.34. The van der Waals surface area contributed by atoms with Crippen molar-refractivity contribution in [1.29, 1.82) is 0 Å². The molecule has 0 radical (unpaired) electrons. The molecule has 1 N–H and O–H groups in total. The molecule has 0 amide bonds. The Hall–Kier alpha value is -0.860. The molecular formula is C15H24N2. The van der Waals surface area contributed by atoms with Gasteiger partial charge in [-0.05, 0) is 44.4 Å². The molecular weight excluding hydrogens is 208 g/mol. The molecule has 1 fully saturated rings. The van der Waals surface area contributed by atoms with Crippen molar-refractivity contribution in [3.8, 4) is 0 Å². The quantitative estimate of drug-likeness (QED) is 0.856. The summed E-state index contributed by atoms with van der Waals surface area (Å²) in [5, 5.41) is 3.44. The van der Waals surface area contributed by atoms with E-state index in [0.29, 0.717) is 6.04 Å². The average molecular weight is 232 g/mol. The van der Waals surface area contributed by atoms with Crippen molar-refractivity contribution in [1.82, 2.24) is 10.2 Å². The summed E-state index contributed by atoms with van der Waals surface area (Å²) in [6, 6.07) is 9.44. The van der Waals surface area contributed by atoms with E-state index in [1.807, 2.05) is 0 Å². The molecule has 0 bridgehead atoms. The monoisotopic (exact) mass is 232 g/mol. The molecule has 0 spiro atoms. The van der Waals surface area contributed by atoms with E-state index in [-0.39, 0.29) is 0 Å². The first-order chi connectivity index (χ1) is 8.27. The minimum absolute atomic E-state index is 0.695. The van der Waals surface area contributed by atoms with Crippen LogP contribution in [0.2, 0.25) is 0 Å². The first-order valence-corrected chi connectivity index (χ1v) is 6.76. The van der Waals surface area contributed by atoms with E-state index in [0.717, 1.165) is 13.1 Å². The van der Waals surface area contributed by atoms with E-state index >= 15 is 0 Å². The van der Waals surface area contributed by atoms with Crippen molar-refractivity contribution in [3.63, 3.8) is 0 Å². The van der Waals surface area contributed by atoms with Gasteiger partial charge in [0.05, 0.1) is 0 Å². The van der Waals surface area contributed by atoms with Crippen LogP contribution >= 0.6 is 0 Å². The molecule has 2 nitrogen and oxygen atoms in total. The summed E-state index contributed by atoms with van der Waals surface area (Å²) in [7, 11) is 0. The molecule has 1 heterocycles. The zero-order valence-electron chi connectivity index (χ0n) is 11.1. The molecule has 1 atom stereocenters. The van der Waals surface area contributed by atoms with Crippen molar-refractivity contribution < 1.29 is 0 Å². The normalized spacial score (nSPS) is 21.6. The third-order valence-electron chi connectivity index (χ3n) is 3.79. The van der Waals surface area contributed by atoms with Crippen LogP contribution in [0.25, 0.3) is 0 Å². The molecule has 0 saturated carbocycles. The van der Waals surface area contributed by atoms with Gasteiger partial charge < -0.3 is 5.32 Å². The van der Waals surface area contributed by atoms with Gasteiger partial charge in [-0.2, -0.15) is 0 Å². The predicted molar refractivity (Wildman–Crippen MR) is 73.4 cm³/mol. The van der Waals surface area contributed by atoms with Gasteiger partial charge in [0.1, 0.15) is 0 Å². The van der Waals surface area contributed by atoms with Gasteiger partial charge in [-0.15, -0.1) is 0 Å². The van der Waals surface area contributed by atoms with Crippen LogP contribution in [0.1, 0.15) is 24.5 Å². The zero-order valence-corrected chi connectivity index (χ0v) is 11.1. The van der Waals surface area contributed by atoms with E-state index in [2.05, 4.69) is 48.3 Å². The lowest BCUT2D eigenvalue weighted by molar-refractivity contribution is 0.172. The van der Waals surface area contributed by atoms with E-state index in [9.17, 15) is 0 Å². The molecule has 1 aromatic carbocycles. The van der Waals surface area contributed by atoms with Crippen molar-refractivity contribution in [3.05, 3.63) is 35.4 Å². The molecule has 17 heavy (non-hydrogen) atoms. The molecule has 1 aliphatic heterocycles. The SMILES string of the molecule is Cc1ccccc1CCCN1CCNCC1C. The maximum atomic E-state index is 3.44. The lowest BCUT2D eigenvalue weighted by atomic mass is 10.0. The van der Waals surface area contributed by atoms with Gasteiger partial charge >= 0.3 is 0 Å². The highest BCUT2D eigenvalue weighted by molar-refractivity contribution is 5.25. The second-order valence-electron chi connectivity index (χ2n) is 5.12. The number of hydrogen-bond donors (Lipinski definition) is 1. The highest BCUT2D eigenvalue weighted by Gasteiger charge is 2.16. The van der Waals surface area contributed by atoms with Gasteiger partial charge in [0, 0.05) is 25.7 Å². The summed E-state index contributed by atoms with van der Waals surface area (Å²) in [5.74, 6) is 0. The molecule has 2 rings (SSSR count). The van der Waals surface area contributed by atoms with E-state index in [1.165, 1.54) is 37.1 Å². The Labute approximate surface area is 105 Å². The summed E-state index contributed by atoms with van der Waals surface area (Å²) < 4.78 is 0.